The SMILES string of the molecule is CO/C=C(/C(=O)OC)c1ccc(C(C)(C)C)cc1. The molecule has 0 spiro atoms. The molecule has 0 N–H and O–H groups in total. The zero-order chi connectivity index (χ0) is 13.8. The van der Waals surface area contributed by atoms with Crippen LogP contribution in [0, 0.1) is 0 Å². The minimum Gasteiger partial charge on any atom is -0.503 e. The normalized spacial score (nSPS) is 12.2. The van der Waals surface area contributed by atoms with Gasteiger partial charge in [0.15, 0.2) is 0 Å². The molecule has 1 rings (SSSR count). The van der Waals surface area contributed by atoms with Crippen molar-refractivity contribution < 1.29 is 14.3 Å². The van der Waals surface area contributed by atoms with Crippen molar-refractivity contribution in [3.8, 4) is 0 Å². The van der Waals surface area contributed by atoms with Gasteiger partial charge in [-0.1, -0.05) is 45.0 Å². The maximum Gasteiger partial charge on any atom is 0.341 e. The summed E-state index contributed by atoms with van der Waals surface area (Å²) in [5.41, 5.74) is 2.51. The largest absolute Gasteiger partial charge is 0.503 e. The van der Waals surface area contributed by atoms with Gasteiger partial charge in [0.05, 0.1) is 20.5 Å². The molecular formula is C15H20O3. The molecule has 0 atom stereocenters. The van der Waals surface area contributed by atoms with Crippen LogP contribution >= 0.6 is 0 Å². The maximum atomic E-state index is 11.6. The van der Waals surface area contributed by atoms with Crippen molar-refractivity contribution in [1.82, 2.24) is 0 Å². The lowest BCUT2D eigenvalue weighted by atomic mass is 9.86. The van der Waals surface area contributed by atoms with Gasteiger partial charge in [0.2, 0.25) is 0 Å². The molecule has 0 aliphatic carbocycles. The zero-order valence-corrected chi connectivity index (χ0v) is 11.6. The highest BCUT2D eigenvalue weighted by molar-refractivity contribution is 6.16. The molecular weight excluding hydrogens is 228 g/mol. The van der Waals surface area contributed by atoms with E-state index in [-0.39, 0.29) is 5.41 Å². The van der Waals surface area contributed by atoms with E-state index in [4.69, 9.17) is 9.47 Å². The van der Waals surface area contributed by atoms with Crippen molar-refractivity contribution in [2.75, 3.05) is 14.2 Å². The summed E-state index contributed by atoms with van der Waals surface area (Å²) in [4.78, 5) is 11.6. The Kier molecular flexibility index (Phi) is 4.54. The van der Waals surface area contributed by atoms with Gasteiger partial charge in [0, 0.05) is 0 Å². The molecule has 1 aromatic rings. The summed E-state index contributed by atoms with van der Waals surface area (Å²) in [7, 11) is 2.86. The Morgan fingerprint density at radius 2 is 1.67 bits per heavy atom. The number of carbonyl (C=O) groups is 1. The molecule has 3 heteroatoms. The average molecular weight is 248 g/mol. The van der Waals surface area contributed by atoms with Crippen LogP contribution in [0.3, 0.4) is 0 Å². The van der Waals surface area contributed by atoms with Gasteiger partial charge in [-0.15, -0.1) is 0 Å². The van der Waals surface area contributed by atoms with Crippen molar-refractivity contribution in [3.63, 3.8) is 0 Å². The molecule has 0 aliphatic heterocycles. The Morgan fingerprint density at radius 3 is 2.06 bits per heavy atom. The van der Waals surface area contributed by atoms with Crippen LogP contribution in [0.4, 0.5) is 0 Å². The smallest absolute Gasteiger partial charge is 0.341 e. The molecule has 0 unspecified atom stereocenters. The van der Waals surface area contributed by atoms with Gasteiger partial charge in [0.1, 0.15) is 5.57 Å². The third kappa shape index (κ3) is 3.36. The first-order chi connectivity index (χ1) is 8.40. The molecule has 0 bridgehead atoms. The van der Waals surface area contributed by atoms with Gasteiger partial charge in [-0.2, -0.15) is 0 Å². The molecule has 98 valence electrons. The first-order valence-corrected chi connectivity index (χ1v) is 5.82. The second-order valence-corrected chi connectivity index (χ2v) is 5.09. The lowest BCUT2D eigenvalue weighted by Gasteiger charge is -2.19. The van der Waals surface area contributed by atoms with Crippen LogP contribution < -0.4 is 0 Å². The fraction of sp³-hybridized carbons (Fsp3) is 0.400. The Hall–Kier alpha value is -1.77. The minimum atomic E-state index is -0.402. The van der Waals surface area contributed by atoms with E-state index >= 15 is 0 Å². The number of ether oxygens (including phenoxy) is 2. The first-order valence-electron chi connectivity index (χ1n) is 5.82. The lowest BCUT2D eigenvalue weighted by molar-refractivity contribution is -0.133. The molecule has 0 saturated carbocycles. The molecule has 0 saturated heterocycles. The summed E-state index contributed by atoms with van der Waals surface area (Å²) in [6.45, 7) is 6.44. The molecule has 0 fully saturated rings. The quantitative estimate of drug-likeness (QED) is 0.468. The summed E-state index contributed by atoms with van der Waals surface area (Å²) in [6, 6.07) is 7.84. The molecule has 0 aliphatic rings. The molecule has 18 heavy (non-hydrogen) atoms. The fourth-order valence-corrected chi connectivity index (χ4v) is 1.61. The highest BCUT2D eigenvalue weighted by atomic mass is 16.5. The topological polar surface area (TPSA) is 35.5 Å². The zero-order valence-electron chi connectivity index (χ0n) is 11.6. The number of hydrogen-bond acceptors (Lipinski definition) is 3. The third-order valence-electron chi connectivity index (χ3n) is 2.70. The van der Waals surface area contributed by atoms with Crippen LogP contribution in [0.25, 0.3) is 5.57 Å². The summed E-state index contributed by atoms with van der Waals surface area (Å²) in [5.74, 6) is -0.402. The van der Waals surface area contributed by atoms with Gasteiger partial charge >= 0.3 is 5.97 Å². The van der Waals surface area contributed by atoms with E-state index in [1.54, 1.807) is 0 Å². The highest BCUT2D eigenvalue weighted by Crippen LogP contribution is 2.24. The average Bonchev–Trinajstić information content (AvgIpc) is 2.34. The van der Waals surface area contributed by atoms with E-state index in [1.807, 2.05) is 24.3 Å². The van der Waals surface area contributed by atoms with Crippen LogP contribution in [-0.2, 0) is 19.7 Å². The van der Waals surface area contributed by atoms with Gasteiger partial charge in [0.25, 0.3) is 0 Å². The number of esters is 1. The number of rotatable bonds is 3. The number of hydrogen-bond donors (Lipinski definition) is 0. The summed E-state index contributed by atoms with van der Waals surface area (Å²) in [5, 5.41) is 0. The Bertz CT molecular complexity index is 436. The standard InChI is InChI=1S/C15H20O3/c1-15(2,3)12-8-6-11(7-9-12)13(10-17-4)14(16)18-5/h6-10H,1-5H3/b13-10+. The lowest BCUT2D eigenvalue weighted by Crippen LogP contribution is -2.11. The van der Waals surface area contributed by atoms with Crippen molar-refractivity contribution in [3.05, 3.63) is 41.7 Å². The molecule has 0 radical (unpaired) electrons. The monoisotopic (exact) mass is 248 g/mol. The van der Waals surface area contributed by atoms with Gasteiger partial charge in [-0.25, -0.2) is 4.79 Å². The van der Waals surface area contributed by atoms with E-state index in [0.717, 1.165) is 5.56 Å². The molecule has 0 heterocycles. The van der Waals surface area contributed by atoms with E-state index in [1.165, 1.54) is 26.0 Å². The van der Waals surface area contributed by atoms with Gasteiger partial charge in [-0.3, -0.25) is 0 Å². The predicted octanol–water partition coefficient (Wildman–Crippen LogP) is 3.14. The predicted molar refractivity (Wildman–Crippen MR) is 72.1 cm³/mol. The van der Waals surface area contributed by atoms with Crippen LogP contribution in [-0.4, -0.2) is 20.2 Å². The van der Waals surface area contributed by atoms with E-state index in [2.05, 4.69) is 20.8 Å². The second-order valence-electron chi connectivity index (χ2n) is 5.09. The Labute approximate surface area is 108 Å². The fourth-order valence-electron chi connectivity index (χ4n) is 1.61. The highest BCUT2D eigenvalue weighted by Gasteiger charge is 2.16. The van der Waals surface area contributed by atoms with Crippen LogP contribution in [0.15, 0.2) is 30.5 Å². The first kappa shape index (κ1) is 14.3. The van der Waals surface area contributed by atoms with E-state index in [0.29, 0.717) is 5.57 Å². The van der Waals surface area contributed by atoms with Crippen molar-refractivity contribution in [2.45, 2.75) is 26.2 Å². The maximum absolute atomic E-state index is 11.6. The Morgan fingerprint density at radius 1 is 1.11 bits per heavy atom. The second kappa shape index (κ2) is 5.71. The van der Waals surface area contributed by atoms with E-state index < -0.39 is 5.97 Å². The van der Waals surface area contributed by atoms with Crippen LogP contribution in [0.5, 0.6) is 0 Å². The summed E-state index contributed by atoms with van der Waals surface area (Å²) < 4.78 is 9.65. The van der Waals surface area contributed by atoms with Gasteiger partial charge in [-0.05, 0) is 16.5 Å². The van der Waals surface area contributed by atoms with Crippen molar-refractivity contribution in [1.29, 1.82) is 0 Å². The summed E-state index contributed by atoms with van der Waals surface area (Å²) >= 11 is 0. The molecule has 1 aromatic carbocycles. The number of methoxy groups -OCH3 is 2. The number of benzene rings is 1. The van der Waals surface area contributed by atoms with Gasteiger partial charge < -0.3 is 9.47 Å². The van der Waals surface area contributed by atoms with Crippen molar-refractivity contribution in [2.24, 2.45) is 0 Å². The van der Waals surface area contributed by atoms with Crippen LogP contribution in [0.2, 0.25) is 0 Å². The minimum absolute atomic E-state index is 0.0922. The Balaban J connectivity index is 3.10. The van der Waals surface area contributed by atoms with Crippen LogP contribution in [0.1, 0.15) is 31.9 Å². The number of carbonyl (C=O) groups excluding carboxylic acids is 1. The third-order valence-corrected chi connectivity index (χ3v) is 2.70. The van der Waals surface area contributed by atoms with Crippen molar-refractivity contribution >= 4 is 11.5 Å². The molecule has 0 aromatic heterocycles. The summed E-state index contributed by atoms with van der Waals surface area (Å²) in [6.07, 6.45) is 1.40. The van der Waals surface area contributed by atoms with E-state index in [9.17, 15) is 4.79 Å². The molecule has 3 nitrogen and oxygen atoms in total. The molecule has 0 amide bonds.